The van der Waals surface area contributed by atoms with Gasteiger partial charge in [0.25, 0.3) is 5.91 Å². The molecule has 0 radical (unpaired) electrons. The van der Waals surface area contributed by atoms with E-state index in [-0.39, 0.29) is 23.9 Å². The van der Waals surface area contributed by atoms with Gasteiger partial charge < -0.3 is 21.1 Å². The van der Waals surface area contributed by atoms with Crippen LogP contribution in [0.2, 0.25) is 0 Å². The normalized spacial score (nSPS) is 21.2. The van der Waals surface area contributed by atoms with Crippen molar-refractivity contribution in [3.63, 3.8) is 0 Å². The minimum atomic E-state index is -0.696. The van der Waals surface area contributed by atoms with E-state index in [0.29, 0.717) is 29.7 Å². The highest BCUT2D eigenvalue weighted by molar-refractivity contribution is 7.09. The first-order chi connectivity index (χ1) is 17.9. The number of hydrogen-bond acceptors (Lipinski definition) is 6. The van der Waals surface area contributed by atoms with Crippen molar-refractivity contribution in [2.75, 3.05) is 13.1 Å². The van der Waals surface area contributed by atoms with Gasteiger partial charge in [0.15, 0.2) is 0 Å². The molecule has 2 aliphatic rings. The van der Waals surface area contributed by atoms with Gasteiger partial charge in [-0.05, 0) is 68.8 Å². The number of rotatable bonds is 8. The second-order valence-corrected chi connectivity index (χ2v) is 11.0. The van der Waals surface area contributed by atoms with Gasteiger partial charge in [0.1, 0.15) is 5.01 Å². The summed E-state index contributed by atoms with van der Waals surface area (Å²) in [5.74, 6) is -1.06. The number of carbonyl (C=O) groups is 2. The Morgan fingerprint density at radius 3 is 2.68 bits per heavy atom. The molecule has 0 spiro atoms. The van der Waals surface area contributed by atoms with E-state index in [0.717, 1.165) is 48.5 Å². The van der Waals surface area contributed by atoms with Crippen LogP contribution >= 0.6 is 11.3 Å². The largest absolute Gasteiger partial charge is 0.391 e. The van der Waals surface area contributed by atoms with Crippen molar-refractivity contribution in [2.45, 2.75) is 63.1 Å². The van der Waals surface area contributed by atoms with Crippen LogP contribution in [-0.2, 0) is 6.42 Å². The molecular weight excluding hydrogens is 484 g/mol. The van der Waals surface area contributed by atoms with Crippen molar-refractivity contribution in [1.82, 2.24) is 15.2 Å². The highest BCUT2D eigenvalue weighted by Gasteiger charge is 2.35. The third-order valence-corrected chi connectivity index (χ3v) is 8.69. The fraction of sp³-hybridized carbons (Fsp3) is 0.414. The van der Waals surface area contributed by atoms with E-state index in [1.54, 1.807) is 23.5 Å². The maximum Gasteiger partial charge on any atom is 0.254 e. The van der Waals surface area contributed by atoms with Gasteiger partial charge in [0.05, 0.1) is 12.1 Å². The van der Waals surface area contributed by atoms with Crippen molar-refractivity contribution < 1.29 is 14.7 Å². The minimum Gasteiger partial charge on any atom is -0.391 e. The predicted molar refractivity (Wildman–Crippen MR) is 145 cm³/mol. The van der Waals surface area contributed by atoms with Gasteiger partial charge in [-0.2, -0.15) is 0 Å². The van der Waals surface area contributed by atoms with E-state index in [1.165, 1.54) is 0 Å². The first-order valence-electron chi connectivity index (χ1n) is 13.0. The molecule has 2 saturated heterocycles. The number of aromatic nitrogens is 1. The number of carbonyl (C=O) groups excluding carboxylic acids is 2. The fourth-order valence-electron chi connectivity index (χ4n) is 5.75. The van der Waals surface area contributed by atoms with Crippen LogP contribution in [-0.4, -0.2) is 52.0 Å². The predicted octanol–water partition coefficient (Wildman–Crippen LogP) is 3.97. The Kier molecular flexibility index (Phi) is 7.69. The van der Waals surface area contributed by atoms with E-state index >= 15 is 0 Å². The summed E-state index contributed by atoms with van der Waals surface area (Å²) in [6.07, 6.45) is 3.53. The molecule has 194 valence electrons. The van der Waals surface area contributed by atoms with Crippen LogP contribution in [0.1, 0.15) is 80.2 Å². The Balaban J connectivity index is 1.48. The molecule has 4 atom stereocenters. The van der Waals surface area contributed by atoms with Crippen molar-refractivity contribution >= 4 is 23.2 Å². The lowest BCUT2D eigenvalue weighted by Crippen LogP contribution is -2.40. The Morgan fingerprint density at radius 1 is 1.19 bits per heavy atom. The quantitative estimate of drug-likeness (QED) is 0.418. The zero-order chi connectivity index (χ0) is 25.9. The van der Waals surface area contributed by atoms with Crippen LogP contribution in [0.25, 0.3) is 0 Å². The van der Waals surface area contributed by atoms with Crippen LogP contribution in [0.4, 0.5) is 0 Å². The molecule has 0 aliphatic carbocycles. The number of aryl methyl sites for hydroxylation is 1. The molecule has 7 nitrogen and oxygen atoms in total. The maximum atomic E-state index is 13.6. The molecular formula is C29H34N4O3S. The molecule has 2 amide bonds. The number of primary amides is 1. The highest BCUT2D eigenvalue weighted by Crippen LogP contribution is 2.36. The molecule has 4 N–H and O–H groups in total. The molecule has 8 heteroatoms. The zero-order valence-electron chi connectivity index (χ0n) is 21.1. The Morgan fingerprint density at radius 2 is 2.00 bits per heavy atom. The molecule has 1 aromatic heterocycles. The summed E-state index contributed by atoms with van der Waals surface area (Å²) >= 11 is 1.58. The molecule has 2 aromatic carbocycles. The van der Waals surface area contributed by atoms with E-state index in [9.17, 15) is 14.7 Å². The molecule has 2 aliphatic heterocycles. The van der Waals surface area contributed by atoms with Gasteiger partial charge in [-0.1, -0.05) is 36.4 Å². The van der Waals surface area contributed by atoms with Gasteiger partial charge in [-0.15, -0.1) is 11.3 Å². The summed E-state index contributed by atoms with van der Waals surface area (Å²) in [6, 6.07) is 15.1. The van der Waals surface area contributed by atoms with Gasteiger partial charge in [0, 0.05) is 40.7 Å². The maximum absolute atomic E-state index is 13.6. The number of likely N-dealkylation sites (tertiary alicyclic amines) is 1. The Bertz CT molecular complexity index is 1260. The standard InChI is InChI=1S/C29H34N4O3S/c1-18-17-37-28(32-18)25-10-6-14-33(25)29(36)20-11-12-21(23(16-20)27(30)35)22(15-19-7-3-2-4-8-19)26(34)24-9-5-13-31-24/h2-4,7-8,11-12,16-17,22,24-26,31,34H,5-6,9-10,13-15H2,1H3,(H2,30,35)/t22-,24+,25+,26+/m0/s1. The average molecular weight is 519 g/mol. The van der Waals surface area contributed by atoms with Crippen LogP contribution < -0.4 is 11.1 Å². The lowest BCUT2D eigenvalue weighted by atomic mass is 9.81. The zero-order valence-corrected chi connectivity index (χ0v) is 21.9. The first-order valence-corrected chi connectivity index (χ1v) is 13.9. The van der Waals surface area contributed by atoms with E-state index in [4.69, 9.17) is 5.73 Å². The topological polar surface area (TPSA) is 109 Å². The van der Waals surface area contributed by atoms with Crippen LogP contribution in [0.15, 0.2) is 53.9 Å². The summed E-state index contributed by atoms with van der Waals surface area (Å²) in [5, 5.41) is 17.8. The van der Waals surface area contributed by atoms with E-state index < -0.39 is 12.0 Å². The van der Waals surface area contributed by atoms with Gasteiger partial charge in [-0.25, -0.2) is 4.98 Å². The molecule has 0 unspecified atom stereocenters. The number of aliphatic hydroxyl groups excluding tert-OH is 1. The number of hydrogen-bond donors (Lipinski definition) is 3. The minimum absolute atomic E-state index is 0.0519. The van der Waals surface area contributed by atoms with E-state index in [2.05, 4.69) is 10.3 Å². The van der Waals surface area contributed by atoms with Gasteiger partial charge >= 0.3 is 0 Å². The van der Waals surface area contributed by atoms with Crippen LogP contribution in [0.5, 0.6) is 0 Å². The van der Waals surface area contributed by atoms with Gasteiger partial charge in [-0.3, -0.25) is 9.59 Å². The molecule has 3 heterocycles. The third-order valence-electron chi connectivity index (χ3n) is 7.62. The molecule has 3 aromatic rings. The molecule has 2 fully saturated rings. The smallest absolute Gasteiger partial charge is 0.254 e. The summed E-state index contributed by atoms with van der Waals surface area (Å²) in [4.78, 5) is 32.8. The van der Waals surface area contributed by atoms with Crippen molar-refractivity contribution in [1.29, 1.82) is 0 Å². The van der Waals surface area contributed by atoms with Crippen molar-refractivity contribution in [3.8, 4) is 0 Å². The average Bonchev–Trinajstić information content (AvgIpc) is 3.69. The van der Waals surface area contributed by atoms with Gasteiger partial charge in [0.2, 0.25) is 5.91 Å². The fourth-order valence-corrected chi connectivity index (χ4v) is 6.69. The van der Waals surface area contributed by atoms with Crippen molar-refractivity contribution in [2.24, 2.45) is 5.73 Å². The number of nitrogens with one attached hydrogen (secondary N) is 1. The first kappa shape index (κ1) is 25.6. The number of nitrogens with zero attached hydrogens (tertiary/aromatic N) is 2. The molecule has 37 heavy (non-hydrogen) atoms. The number of amides is 2. The number of aliphatic hydroxyl groups is 1. The second kappa shape index (κ2) is 11.1. The highest BCUT2D eigenvalue weighted by atomic mass is 32.1. The Hall–Kier alpha value is -3.07. The third kappa shape index (κ3) is 5.46. The Labute approximate surface area is 221 Å². The molecule has 5 rings (SSSR count). The second-order valence-electron chi connectivity index (χ2n) is 10.1. The van der Waals surface area contributed by atoms with E-state index in [1.807, 2.05) is 53.6 Å². The lowest BCUT2D eigenvalue weighted by Gasteiger charge is -2.30. The number of thiazole rings is 1. The van der Waals surface area contributed by atoms with Crippen LogP contribution in [0.3, 0.4) is 0 Å². The summed E-state index contributed by atoms with van der Waals surface area (Å²) in [6.45, 7) is 3.48. The molecule has 0 saturated carbocycles. The SMILES string of the molecule is Cc1csc([C@H]2CCCN2C(=O)c2ccc([C@H](Cc3ccccc3)[C@@H](O)[C@H]3CCCN3)c(C(N)=O)c2)n1. The van der Waals surface area contributed by atoms with Crippen molar-refractivity contribution in [3.05, 3.63) is 86.9 Å². The monoisotopic (exact) mass is 518 g/mol. The summed E-state index contributed by atoms with van der Waals surface area (Å²) in [5.41, 5.74) is 9.31. The number of benzene rings is 2. The number of nitrogens with two attached hydrogens (primary N) is 1. The molecule has 0 bridgehead atoms. The summed E-state index contributed by atoms with van der Waals surface area (Å²) < 4.78 is 0. The van der Waals surface area contributed by atoms with Crippen LogP contribution in [0, 0.1) is 6.92 Å². The summed E-state index contributed by atoms with van der Waals surface area (Å²) in [7, 11) is 0. The lowest BCUT2D eigenvalue weighted by molar-refractivity contribution is 0.0735.